The summed E-state index contributed by atoms with van der Waals surface area (Å²) in [6.45, 7) is 3.89. The molecule has 5 heteroatoms. The first-order valence-corrected chi connectivity index (χ1v) is 6.39. The summed E-state index contributed by atoms with van der Waals surface area (Å²) in [5.74, 6) is -0.0616. The van der Waals surface area contributed by atoms with E-state index < -0.39 is 6.04 Å². The molecule has 0 aliphatic rings. The minimum Gasteiger partial charge on any atom is -0.409 e. The lowest BCUT2D eigenvalue weighted by atomic mass is 10.0. The molecule has 1 aromatic carbocycles. The van der Waals surface area contributed by atoms with Crippen LogP contribution in [-0.2, 0) is 11.2 Å². The van der Waals surface area contributed by atoms with Gasteiger partial charge in [-0.2, -0.15) is 0 Å². The van der Waals surface area contributed by atoms with Crippen LogP contribution in [0.25, 0.3) is 0 Å². The molecule has 0 aliphatic carbocycles. The summed E-state index contributed by atoms with van der Waals surface area (Å²) in [6, 6.07) is 7.58. The third-order valence-electron chi connectivity index (χ3n) is 3.10. The molecule has 0 saturated carbocycles. The van der Waals surface area contributed by atoms with Gasteiger partial charge in [0.15, 0.2) is 5.84 Å². The molecule has 1 aromatic rings. The number of hydrogen-bond acceptors (Lipinski definition) is 3. The zero-order valence-electron chi connectivity index (χ0n) is 11.4. The maximum atomic E-state index is 11.8. The monoisotopic (exact) mass is 263 g/mol. The molecule has 0 aliphatic heterocycles. The standard InChI is InChI=1S/C14H21N3O2/c1-3-12(14(15)17-19)16-13(18)9-8-11-7-5-4-6-10(11)2/h4-7,12,19H,3,8-9H2,1-2H3,(H2,15,17)(H,16,18). The second-order valence-electron chi connectivity index (χ2n) is 4.48. The number of rotatable bonds is 6. The summed E-state index contributed by atoms with van der Waals surface area (Å²) < 4.78 is 0. The Morgan fingerprint density at radius 3 is 2.74 bits per heavy atom. The van der Waals surface area contributed by atoms with E-state index in [4.69, 9.17) is 10.9 Å². The van der Waals surface area contributed by atoms with Gasteiger partial charge in [0.25, 0.3) is 0 Å². The fourth-order valence-electron chi connectivity index (χ4n) is 1.86. The highest BCUT2D eigenvalue weighted by Crippen LogP contribution is 2.09. The Bertz CT molecular complexity index is 458. The van der Waals surface area contributed by atoms with Crippen LogP contribution in [0.4, 0.5) is 0 Å². The van der Waals surface area contributed by atoms with Gasteiger partial charge in [0.1, 0.15) is 0 Å². The maximum absolute atomic E-state index is 11.8. The number of nitrogens with zero attached hydrogens (tertiary/aromatic N) is 1. The van der Waals surface area contributed by atoms with Crippen molar-refractivity contribution in [3.05, 3.63) is 35.4 Å². The van der Waals surface area contributed by atoms with Crippen molar-refractivity contribution in [2.45, 2.75) is 39.2 Å². The second kappa shape index (κ2) is 7.41. The average molecular weight is 263 g/mol. The first kappa shape index (κ1) is 15.0. The van der Waals surface area contributed by atoms with Crippen molar-refractivity contribution in [1.29, 1.82) is 0 Å². The summed E-state index contributed by atoms with van der Waals surface area (Å²) in [4.78, 5) is 11.8. The number of benzene rings is 1. The lowest BCUT2D eigenvalue weighted by Crippen LogP contribution is -2.44. The van der Waals surface area contributed by atoms with E-state index in [1.54, 1.807) is 0 Å². The largest absolute Gasteiger partial charge is 0.409 e. The molecule has 1 rings (SSSR count). The van der Waals surface area contributed by atoms with Gasteiger partial charge in [-0.1, -0.05) is 36.3 Å². The summed E-state index contributed by atoms with van der Waals surface area (Å²) >= 11 is 0. The van der Waals surface area contributed by atoms with Crippen molar-refractivity contribution in [3.8, 4) is 0 Å². The van der Waals surface area contributed by atoms with Crippen molar-refractivity contribution in [2.24, 2.45) is 10.9 Å². The van der Waals surface area contributed by atoms with E-state index in [9.17, 15) is 4.79 Å². The lowest BCUT2D eigenvalue weighted by Gasteiger charge is -2.15. The fraction of sp³-hybridized carbons (Fsp3) is 0.429. The van der Waals surface area contributed by atoms with Crippen molar-refractivity contribution < 1.29 is 10.0 Å². The second-order valence-corrected chi connectivity index (χ2v) is 4.48. The quantitative estimate of drug-likeness (QED) is 0.315. The molecule has 1 amide bonds. The average Bonchev–Trinajstić information content (AvgIpc) is 2.43. The van der Waals surface area contributed by atoms with Gasteiger partial charge in [-0.3, -0.25) is 4.79 Å². The Hall–Kier alpha value is -2.04. The zero-order chi connectivity index (χ0) is 14.3. The van der Waals surface area contributed by atoms with Crippen LogP contribution in [0.1, 0.15) is 30.9 Å². The number of carbonyl (C=O) groups excluding carboxylic acids is 1. The van der Waals surface area contributed by atoms with Gasteiger partial charge >= 0.3 is 0 Å². The van der Waals surface area contributed by atoms with Gasteiger partial charge in [0, 0.05) is 6.42 Å². The topological polar surface area (TPSA) is 87.7 Å². The van der Waals surface area contributed by atoms with Crippen molar-refractivity contribution in [3.63, 3.8) is 0 Å². The Labute approximate surface area is 113 Å². The van der Waals surface area contributed by atoms with Crippen molar-refractivity contribution in [2.75, 3.05) is 0 Å². The summed E-state index contributed by atoms with van der Waals surface area (Å²) in [5.41, 5.74) is 7.83. The van der Waals surface area contributed by atoms with E-state index in [0.717, 1.165) is 5.56 Å². The Balaban J connectivity index is 2.50. The number of amides is 1. The van der Waals surface area contributed by atoms with Gasteiger partial charge in [-0.25, -0.2) is 0 Å². The third kappa shape index (κ3) is 4.62. The van der Waals surface area contributed by atoms with E-state index in [2.05, 4.69) is 10.5 Å². The molecular weight excluding hydrogens is 242 g/mol. The van der Waals surface area contributed by atoms with Crippen LogP contribution >= 0.6 is 0 Å². The summed E-state index contributed by atoms with van der Waals surface area (Å²) in [7, 11) is 0. The van der Waals surface area contributed by atoms with E-state index >= 15 is 0 Å². The Morgan fingerprint density at radius 2 is 2.16 bits per heavy atom. The van der Waals surface area contributed by atoms with Crippen molar-refractivity contribution in [1.82, 2.24) is 5.32 Å². The molecular formula is C14H21N3O2. The summed E-state index contributed by atoms with van der Waals surface area (Å²) in [6.07, 6.45) is 1.66. The molecule has 1 unspecified atom stereocenters. The van der Waals surface area contributed by atoms with Crippen LogP contribution in [0.5, 0.6) is 0 Å². The molecule has 0 fully saturated rings. The van der Waals surface area contributed by atoms with E-state index in [1.807, 2.05) is 38.1 Å². The minimum absolute atomic E-state index is 0.0340. The van der Waals surface area contributed by atoms with Gasteiger partial charge in [-0.15, -0.1) is 0 Å². The third-order valence-corrected chi connectivity index (χ3v) is 3.10. The highest BCUT2D eigenvalue weighted by Gasteiger charge is 2.14. The molecule has 0 radical (unpaired) electrons. The van der Waals surface area contributed by atoms with Gasteiger partial charge < -0.3 is 16.3 Å². The first-order valence-electron chi connectivity index (χ1n) is 6.39. The van der Waals surface area contributed by atoms with Crippen LogP contribution in [0.2, 0.25) is 0 Å². The van der Waals surface area contributed by atoms with Crippen LogP contribution < -0.4 is 11.1 Å². The molecule has 0 saturated heterocycles. The molecule has 5 nitrogen and oxygen atoms in total. The number of amidine groups is 1. The van der Waals surface area contributed by atoms with Crippen LogP contribution in [0.15, 0.2) is 29.4 Å². The number of hydrogen-bond donors (Lipinski definition) is 3. The predicted molar refractivity (Wildman–Crippen MR) is 75.1 cm³/mol. The fourth-order valence-corrected chi connectivity index (χ4v) is 1.86. The molecule has 104 valence electrons. The number of nitrogens with two attached hydrogens (primary N) is 1. The smallest absolute Gasteiger partial charge is 0.220 e. The predicted octanol–water partition coefficient (Wildman–Crippen LogP) is 1.57. The Morgan fingerprint density at radius 1 is 1.47 bits per heavy atom. The maximum Gasteiger partial charge on any atom is 0.220 e. The molecule has 1 atom stereocenters. The number of oxime groups is 1. The highest BCUT2D eigenvalue weighted by atomic mass is 16.4. The highest BCUT2D eigenvalue weighted by molar-refractivity contribution is 5.89. The normalized spacial score (nSPS) is 13.1. The van der Waals surface area contributed by atoms with Gasteiger partial charge in [0.05, 0.1) is 6.04 Å². The summed E-state index contributed by atoms with van der Waals surface area (Å²) in [5, 5.41) is 14.3. The van der Waals surface area contributed by atoms with Crippen LogP contribution in [-0.4, -0.2) is 23.0 Å². The van der Waals surface area contributed by atoms with E-state index in [1.165, 1.54) is 5.56 Å². The van der Waals surface area contributed by atoms with Crippen molar-refractivity contribution >= 4 is 11.7 Å². The van der Waals surface area contributed by atoms with E-state index in [-0.39, 0.29) is 11.7 Å². The molecule has 0 heterocycles. The Kier molecular flexibility index (Phi) is 5.85. The first-order chi connectivity index (χ1) is 9.08. The van der Waals surface area contributed by atoms with Crippen LogP contribution in [0, 0.1) is 6.92 Å². The van der Waals surface area contributed by atoms with Crippen LogP contribution in [0.3, 0.4) is 0 Å². The van der Waals surface area contributed by atoms with E-state index in [0.29, 0.717) is 19.3 Å². The number of carbonyl (C=O) groups is 1. The van der Waals surface area contributed by atoms with Gasteiger partial charge in [-0.05, 0) is 30.9 Å². The molecule has 0 aromatic heterocycles. The molecule has 19 heavy (non-hydrogen) atoms. The minimum atomic E-state index is -0.408. The SMILES string of the molecule is CCC(NC(=O)CCc1ccccc1C)C(N)=NO. The zero-order valence-corrected chi connectivity index (χ0v) is 11.4. The molecule has 0 bridgehead atoms. The molecule has 4 N–H and O–H groups in total. The molecule has 0 spiro atoms. The number of nitrogens with one attached hydrogen (secondary N) is 1. The van der Waals surface area contributed by atoms with Gasteiger partial charge in [0.2, 0.25) is 5.91 Å². The lowest BCUT2D eigenvalue weighted by molar-refractivity contribution is -0.121. The number of aryl methyl sites for hydroxylation is 2.